The minimum absolute atomic E-state index is 0.0698. The molecule has 0 bridgehead atoms. The summed E-state index contributed by atoms with van der Waals surface area (Å²) in [5, 5.41) is 1.91. The Kier molecular flexibility index (Phi) is 7.06. The second-order valence-electron chi connectivity index (χ2n) is 7.04. The molecule has 3 rings (SSSR count). The average molecular weight is 403 g/mol. The molecule has 1 unspecified atom stereocenters. The lowest BCUT2D eigenvalue weighted by Gasteiger charge is -2.34. The van der Waals surface area contributed by atoms with E-state index in [9.17, 15) is 9.59 Å². The summed E-state index contributed by atoms with van der Waals surface area (Å²) < 4.78 is 5.46. The maximum atomic E-state index is 12.6. The maximum absolute atomic E-state index is 12.6. The van der Waals surface area contributed by atoms with E-state index in [4.69, 9.17) is 4.74 Å². The van der Waals surface area contributed by atoms with E-state index in [1.54, 1.807) is 0 Å². The van der Waals surface area contributed by atoms with Gasteiger partial charge in [0.15, 0.2) is 6.54 Å². The van der Waals surface area contributed by atoms with Crippen LogP contribution in [0.3, 0.4) is 0 Å². The molecule has 1 fully saturated rings. The van der Waals surface area contributed by atoms with Crippen molar-refractivity contribution in [1.82, 2.24) is 9.80 Å². The second kappa shape index (κ2) is 9.71. The van der Waals surface area contributed by atoms with Crippen LogP contribution in [0.25, 0.3) is 0 Å². The predicted octanol–water partition coefficient (Wildman–Crippen LogP) is 1.15. The average Bonchev–Trinajstić information content (AvgIpc) is 3.24. The fraction of sp³-hybridized carbons (Fsp3) is 0.429. The van der Waals surface area contributed by atoms with Crippen LogP contribution in [-0.2, 0) is 11.3 Å². The van der Waals surface area contributed by atoms with Crippen molar-refractivity contribution in [2.75, 3.05) is 46.4 Å². The highest BCUT2D eigenvalue weighted by Gasteiger charge is 2.26. The number of benzene rings is 1. The molecule has 1 atom stereocenters. The molecule has 1 aliphatic rings. The van der Waals surface area contributed by atoms with Crippen molar-refractivity contribution < 1.29 is 19.2 Å². The van der Waals surface area contributed by atoms with Crippen molar-refractivity contribution in [3.8, 4) is 5.75 Å². The van der Waals surface area contributed by atoms with Gasteiger partial charge >= 0.3 is 0 Å². The molecule has 0 aliphatic carbocycles. The molecule has 7 heteroatoms. The number of piperazine rings is 1. The molecule has 0 saturated carbocycles. The number of ether oxygens (including phenoxy) is 1. The number of amides is 2. The Balaban J connectivity index is 1.44. The van der Waals surface area contributed by atoms with Gasteiger partial charge in [-0.15, -0.1) is 11.3 Å². The largest absolute Gasteiger partial charge is 0.494 e. The summed E-state index contributed by atoms with van der Waals surface area (Å²) >= 11 is 1.46. The van der Waals surface area contributed by atoms with E-state index >= 15 is 0 Å². The highest BCUT2D eigenvalue weighted by atomic mass is 32.1. The first-order valence-corrected chi connectivity index (χ1v) is 10.6. The third-order valence-electron chi connectivity index (χ3n) is 4.84. The fourth-order valence-corrected chi connectivity index (χ4v) is 4.06. The van der Waals surface area contributed by atoms with Gasteiger partial charge in [-0.2, -0.15) is 0 Å². The minimum atomic E-state index is 0.0698. The lowest BCUT2D eigenvalue weighted by molar-refractivity contribution is -0.885. The molecular formula is C21H28N3O3S+. The Hall–Kier alpha value is -2.38. The minimum Gasteiger partial charge on any atom is -0.494 e. The summed E-state index contributed by atoms with van der Waals surface area (Å²) in [4.78, 5) is 30.7. The number of likely N-dealkylation sites (N-methyl/N-ethyl adjacent to an activating group) is 1. The number of nitrogens with zero attached hydrogens (tertiary/aromatic N) is 2. The molecular weight excluding hydrogens is 374 g/mol. The fourth-order valence-electron chi connectivity index (χ4n) is 3.37. The van der Waals surface area contributed by atoms with E-state index in [-0.39, 0.29) is 11.8 Å². The van der Waals surface area contributed by atoms with Gasteiger partial charge in [0.25, 0.3) is 11.8 Å². The van der Waals surface area contributed by atoms with Crippen LogP contribution in [0.15, 0.2) is 41.8 Å². The molecule has 2 amide bonds. The number of nitrogens with one attached hydrogen (secondary N) is 1. The van der Waals surface area contributed by atoms with Gasteiger partial charge in [0.1, 0.15) is 12.3 Å². The Morgan fingerprint density at radius 2 is 1.75 bits per heavy atom. The van der Waals surface area contributed by atoms with Crippen molar-refractivity contribution in [1.29, 1.82) is 0 Å². The van der Waals surface area contributed by atoms with Gasteiger partial charge < -0.3 is 19.4 Å². The summed E-state index contributed by atoms with van der Waals surface area (Å²) in [7, 11) is 2.03. The molecule has 6 nitrogen and oxygen atoms in total. The predicted molar refractivity (Wildman–Crippen MR) is 110 cm³/mol. The quantitative estimate of drug-likeness (QED) is 0.756. The normalized spacial score (nSPS) is 15.4. The Morgan fingerprint density at radius 1 is 1.07 bits per heavy atom. The molecule has 1 aromatic heterocycles. The molecule has 28 heavy (non-hydrogen) atoms. The number of quaternary nitrogens is 1. The zero-order valence-corrected chi connectivity index (χ0v) is 17.3. The topological polar surface area (TPSA) is 54.3 Å². The van der Waals surface area contributed by atoms with Gasteiger partial charge in [-0.05, 0) is 42.6 Å². The number of carbonyl (C=O) groups is 2. The van der Waals surface area contributed by atoms with E-state index in [0.717, 1.165) is 22.1 Å². The van der Waals surface area contributed by atoms with Crippen LogP contribution < -0.4 is 9.64 Å². The van der Waals surface area contributed by atoms with Crippen molar-refractivity contribution >= 4 is 23.2 Å². The second-order valence-corrected chi connectivity index (χ2v) is 7.99. The van der Waals surface area contributed by atoms with Crippen molar-refractivity contribution in [3.63, 3.8) is 0 Å². The first-order chi connectivity index (χ1) is 13.6. The summed E-state index contributed by atoms with van der Waals surface area (Å²) in [6.45, 7) is 6.26. The molecule has 150 valence electrons. The van der Waals surface area contributed by atoms with Crippen LogP contribution in [-0.4, -0.2) is 68.0 Å². The molecule has 2 aromatic rings. The Bertz CT molecular complexity index is 769. The van der Waals surface area contributed by atoms with E-state index in [1.807, 2.05) is 65.5 Å². The first-order valence-electron chi connectivity index (χ1n) is 9.70. The van der Waals surface area contributed by atoms with Gasteiger partial charge in [0.05, 0.1) is 18.5 Å². The first kappa shape index (κ1) is 20.4. The van der Waals surface area contributed by atoms with Gasteiger partial charge in [0, 0.05) is 31.7 Å². The number of rotatable bonds is 7. The van der Waals surface area contributed by atoms with Crippen LogP contribution in [0.4, 0.5) is 0 Å². The summed E-state index contributed by atoms with van der Waals surface area (Å²) in [5.74, 6) is 1.09. The highest BCUT2D eigenvalue weighted by molar-refractivity contribution is 7.12. The molecule has 0 radical (unpaired) electrons. The van der Waals surface area contributed by atoms with E-state index < -0.39 is 0 Å². The van der Waals surface area contributed by atoms with Crippen molar-refractivity contribution in [3.05, 3.63) is 52.2 Å². The third kappa shape index (κ3) is 5.33. The van der Waals surface area contributed by atoms with Crippen LogP contribution >= 0.6 is 11.3 Å². The summed E-state index contributed by atoms with van der Waals surface area (Å²) in [6, 6.07) is 11.8. The highest BCUT2D eigenvalue weighted by Crippen LogP contribution is 2.14. The van der Waals surface area contributed by atoms with E-state index in [1.165, 1.54) is 16.9 Å². The molecule has 1 aromatic carbocycles. The van der Waals surface area contributed by atoms with Gasteiger partial charge in [-0.3, -0.25) is 9.59 Å². The molecule has 1 N–H and O–H groups in total. The molecule has 1 aliphatic heterocycles. The Morgan fingerprint density at radius 3 is 2.36 bits per heavy atom. The number of hydrogen-bond donors (Lipinski definition) is 1. The van der Waals surface area contributed by atoms with Crippen molar-refractivity contribution in [2.24, 2.45) is 0 Å². The van der Waals surface area contributed by atoms with Gasteiger partial charge in [0.2, 0.25) is 0 Å². The lowest BCUT2D eigenvalue weighted by Crippen LogP contribution is -3.09. The van der Waals surface area contributed by atoms with Crippen molar-refractivity contribution in [2.45, 2.75) is 13.5 Å². The summed E-state index contributed by atoms with van der Waals surface area (Å²) in [5.41, 5.74) is 1.18. The monoisotopic (exact) mass is 402 g/mol. The van der Waals surface area contributed by atoms with Crippen LogP contribution in [0.2, 0.25) is 0 Å². The van der Waals surface area contributed by atoms with Crippen LogP contribution in [0, 0.1) is 0 Å². The zero-order valence-electron chi connectivity index (χ0n) is 16.5. The van der Waals surface area contributed by atoms with Gasteiger partial charge in [-0.25, -0.2) is 0 Å². The molecule has 0 spiro atoms. The van der Waals surface area contributed by atoms with Gasteiger partial charge in [-0.1, -0.05) is 6.07 Å². The molecule has 1 saturated heterocycles. The SMILES string of the molecule is CCOc1ccc(C[NH+](C)CC(=O)N2CCN(C(=O)c3cccs3)CC2)cc1. The number of hydrogen-bond acceptors (Lipinski definition) is 4. The standard InChI is InChI=1S/C21H27N3O3S/c1-3-27-18-8-6-17(7-9-18)15-22(2)16-20(25)23-10-12-24(13-11-23)21(26)19-5-4-14-28-19/h4-9,14H,3,10-13,15-16H2,1-2H3/p+1. The van der Waals surface area contributed by atoms with Crippen LogP contribution in [0.5, 0.6) is 5.75 Å². The number of thiophene rings is 1. The zero-order chi connectivity index (χ0) is 19.9. The Labute approximate surface area is 170 Å². The molecule has 2 heterocycles. The van der Waals surface area contributed by atoms with E-state index in [2.05, 4.69) is 0 Å². The number of carbonyl (C=O) groups excluding carboxylic acids is 2. The summed E-state index contributed by atoms with van der Waals surface area (Å²) in [6.07, 6.45) is 0. The maximum Gasteiger partial charge on any atom is 0.277 e. The van der Waals surface area contributed by atoms with E-state index in [0.29, 0.717) is 39.3 Å². The third-order valence-corrected chi connectivity index (χ3v) is 5.70. The lowest BCUT2D eigenvalue weighted by atomic mass is 10.2. The van der Waals surface area contributed by atoms with Crippen LogP contribution in [0.1, 0.15) is 22.2 Å². The smallest absolute Gasteiger partial charge is 0.277 e.